The van der Waals surface area contributed by atoms with Crippen molar-refractivity contribution < 1.29 is 14.9 Å². The van der Waals surface area contributed by atoms with Crippen LogP contribution in [-0.4, -0.2) is 39.1 Å². The Hall–Kier alpha value is -1.92. The first-order chi connectivity index (χ1) is 9.98. The molecule has 6 heteroatoms. The highest BCUT2D eigenvalue weighted by molar-refractivity contribution is 5.83. The highest BCUT2D eigenvalue weighted by Gasteiger charge is 2.21. The third kappa shape index (κ3) is 3.40. The number of rotatable bonds is 6. The molecule has 0 spiro atoms. The lowest BCUT2D eigenvalue weighted by Gasteiger charge is -2.23. The van der Waals surface area contributed by atoms with Gasteiger partial charge in [0.05, 0.1) is 31.0 Å². The van der Waals surface area contributed by atoms with E-state index in [4.69, 9.17) is 9.84 Å². The van der Waals surface area contributed by atoms with E-state index in [0.29, 0.717) is 29.5 Å². The van der Waals surface area contributed by atoms with Crippen LogP contribution in [-0.2, 0) is 6.54 Å². The molecule has 0 bridgehead atoms. The van der Waals surface area contributed by atoms with Gasteiger partial charge in [0.15, 0.2) is 0 Å². The molecule has 0 unspecified atom stereocenters. The van der Waals surface area contributed by atoms with Crippen molar-refractivity contribution in [1.82, 2.24) is 9.55 Å². The Balaban J connectivity index is 2.39. The highest BCUT2D eigenvalue weighted by atomic mass is 16.5. The van der Waals surface area contributed by atoms with E-state index >= 15 is 0 Å². The standard InChI is InChI=1S/C15H20N2O4/c1-15(20,7-4-8-18)9-17-10-16-13-11(14(17)19)5-3-6-12(13)21-2/h3,5-6,10,18,20H,4,7-9H2,1-2H3/t15-/m1/s1. The maximum Gasteiger partial charge on any atom is 0.261 e. The van der Waals surface area contributed by atoms with Crippen molar-refractivity contribution in [2.45, 2.75) is 31.9 Å². The molecule has 0 fully saturated rings. The molecule has 0 aliphatic carbocycles. The number of nitrogens with zero attached hydrogens (tertiary/aromatic N) is 2. The summed E-state index contributed by atoms with van der Waals surface area (Å²) in [5.74, 6) is 0.545. The minimum atomic E-state index is -1.07. The summed E-state index contributed by atoms with van der Waals surface area (Å²) in [4.78, 5) is 16.7. The van der Waals surface area contributed by atoms with Gasteiger partial charge in [0.2, 0.25) is 0 Å². The monoisotopic (exact) mass is 292 g/mol. The van der Waals surface area contributed by atoms with E-state index < -0.39 is 5.60 Å². The summed E-state index contributed by atoms with van der Waals surface area (Å²) in [6.07, 6.45) is 2.31. The van der Waals surface area contributed by atoms with E-state index in [1.807, 2.05) is 0 Å². The number of ether oxygens (including phenoxy) is 1. The third-order valence-electron chi connectivity index (χ3n) is 3.42. The molecule has 0 aliphatic heterocycles. The molecule has 2 aromatic rings. The van der Waals surface area contributed by atoms with E-state index in [-0.39, 0.29) is 18.7 Å². The van der Waals surface area contributed by atoms with Gasteiger partial charge in [-0.05, 0) is 31.9 Å². The van der Waals surface area contributed by atoms with Gasteiger partial charge >= 0.3 is 0 Å². The fourth-order valence-electron chi connectivity index (χ4n) is 2.35. The maximum absolute atomic E-state index is 12.5. The van der Waals surface area contributed by atoms with Gasteiger partial charge in [-0.1, -0.05) is 6.07 Å². The Labute approximate surface area is 122 Å². The quantitative estimate of drug-likeness (QED) is 0.827. The molecular weight excluding hydrogens is 272 g/mol. The topological polar surface area (TPSA) is 84.6 Å². The molecule has 0 saturated heterocycles. The van der Waals surface area contributed by atoms with Gasteiger partial charge in [-0.15, -0.1) is 0 Å². The van der Waals surface area contributed by atoms with Crippen LogP contribution in [0.25, 0.3) is 10.9 Å². The normalized spacial score (nSPS) is 14.1. The first-order valence-electron chi connectivity index (χ1n) is 6.84. The molecule has 2 rings (SSSR count). The van der Waals surface area contributed by atoms with Gasteiger partial charge in [-0.25, -0.2) is 4.98 Å². The summed E-state index contributed by atoms with van der Waals surface area (Å²) in [7, 11) is 1.53. The van der Waals surface area contributed by atoms with Gasteiger partial charge in [-0.3, -0.25) is 9.36 Å². The van der Waals surface area contributed by atoms with Crippen LogP contribution in [0.15, 0.2) is 29.3 Å². The predicted octanol–water partition coefficient (Wildman–Crippen LogP) is 0.929. The number of aliphatic hydroxyl groups is 2. The number of benzene rings is 1. The molecule has 0 radical (unpaired) electrons. The van der Waals surface area contributed by atoms with Gasteiger partial charge in [-0.2, -0.15) is 0 Å². The maximum atomic E-state index is 12.5. The highest BCUT2D eigenvalue weighted by Crippen LogP contribution is 2.21. The van der Waals surface area contributed by atoms with E-state index in [1.165, 1.54) is 18.0 Å². The Morgan fingerprint density at radius 2 is 2.19 bits per heavy atom. The number of fused-ring (bicyclic) bond motifs is 1. The Morgan fingerprint density at radius 3 is 2.86 bits per heavy atom. The molecule has 114 valence electrons. The van der Waals surface area contributed by atoms with Crippen molar-refractivity contribution in [2.24, 2.45) is 0 Å². The number of hydrogen-bond donors (Lipinski definition) is 2. The largest absolute Gasteiger partial charge is 0.494 e. The zero-order valence-corrected chi connectivity index (χ0v) is 12.2. The smallest absolute Gasteiger partial charge is 0.261 e. The summed E-state index contributed by atoms with van der Waals surface area (Å²) < 4.78 is 6.58. The zero-order valence-electron chi connectivity index (χ0n) is 12.2. The molecule has 1 heterocycles. The number of aliphatic hydroxyl groups excluding tert-OH is 1. The first-order valence-corrected chi connectivity index (χ1v) is 6.84. The van der Waals surface area contributed by atoms with Crippen molar-refractivity contribution in [3.05, 3.63) is 34.9 Å². The van der Waals surface area contributed by atoms with Crippen LogP contribution in [0.5, 0.6) is 5.75 Å². The molecule has 21 heavy (non-hydrogen) atoms. The van der Waals surface area contributed by atoms with E-state index in [1.54, 1.807) is 25.1 Å². The number of hydrogen-bond acceptors (Lipinski definition) is 5. The molecule has 1 aromatic carbocycles. The molecule has 0 saturated carbocycles. The van der Waals surface area contributed by atoms with Gasteiger partial charge in [0, 0.05) is 6.61 Å². The van der Waals surface area contributed by atoms with Crippen molar-refractivity contribution in [1.29, 1.82) is 0 Å². The SMILES string of the molecule is COc1cccc2c(=O)n(C[C@](C)(O)CCCO)cnc12. The molecule has 0 amide bonds. The number of para-hydroxylation sites is 1. The molecule has 1 aromatic heterocycles. The summed E-state index contributed by atoms with van der Waals surface area (Å²) in [5, 5.41) is 19.6. The van der Waals surface area contributed by atoms with Crippen LogP contribution < -0.4 is 10.3 Å². The van der Waals surface area contributed by atoms with Crippen LogP contribution >= 0.6 is 0 Å². The van der Waals surface area contributed by atoms with Gasteiger partial charge < -0.3 is 14.9 Å². The Morgan fingerprint density at radius 1 is 1.43 bits per heavy atom. The van der Waals surface area contributed by atoms with Crippen molar-refractivity contribution in [3.63, 3.8) is 0 Å². The number of methoxy groups -OCH3 is 1. The lowest BCUT2D eigenvalue weighted by atomic mass is 10.0. The summed E-state index contributed by atoms with van der Waals surface area (Å²) in [6.45, 7) is 1.79. The third-order valence-corrected chi connectivity index (χ3v) is 3.42. The molecule has 1 atom stereocenters. The van der Waals surface area contributed by atoms with E-state index in [0.717, 1.165) is 0 Å². The second-order valence-electron chi connectivity index (χ2n) is 5.36. The van der Waals surface area contributed by atoms with Crippen LogP contribution in [0.3, 0.4) is 0 Å². The zero-order chi connectivity index (χ0) is 15.5. The second-order valence-corrected chi connectivity index (χ2v) is 5.36. The predicted molar refractivity (Wildman–Crippen MR) is 79.5 cm³/mol. The van der Waals surface area contributed by atoms with Crippen LogP contribution in [0.2, 0.25) is 0 Å². The molecule has 2 N–H and O–H groups in total. The summed E-state index contributed by atoms with van der Waals surface area (Å²) in [5.41, 5.74) is -0.778. The summed E-state index contributed by atoms with van der Waals surface area (Å²) >= 11 is 0. The molecule has 6 nitrogen and oxygen atoms in total. The van der Waals surface area contributed by atoms with Crippen LogP contribution in [0.4, 0.5) is 0 Å². The van der Waals surface area contributed by atoms with Gasteiger partial charge in [0.25, 0.3) is 5.56 Å². The fourth-order valence-corrected chi connectivity index (χ4v) is 2.35. The van der Waals surface area contributed by atoms with Gasteiger partial charge in [0.1, 0.15) is 11.3 Å². The van der Waals surface area contributed by atoms with E-state index in [9.17, 15) is 9.90 Å². The summed E-state index contributed by atoms with van der Waals surface area (Å²) in [6, 6.07) is 5.17. The minimum Gasteiger partial charge on any atom is -0.494 e. The Bertz CT molecular complexity index is 679. The lowest BCUT2D eigenvalue weighted by Crippen LogP contribution is -2.35. The fraction of sp³-hybridized carbons (Fsp3) is 0.467. The number of aromatic nitrogens is 2. The van der Waals surface area contributed by atoms with Crippen molar-refractivity contribution in [3.8, 4) is 5.75 Å². The van der Waals surface area contributed by atoms with Crippen LogP contribution in [0, 0.1) is 0 Å². The van der Waals surface area contributed by atoms with Crippen LogP contribution in [0.1, 0.15) is 19.8 Å². The van der Waals surface area contributed by atoms with Crippen molar-refractivity contribution >= 4 is 10.9 Å². The van der Waals surface area contributed by atoms with Crippen molar-refractivity contribution in [2.75, 3.05) is 13.7 Å². The minimum absolute atomic E-state index is 0.0121. The first kappa shape index (κ1) is 15.5. The molecular formula is C15H20N2O4. The average Bonchev–Trinajstić information content (AvgIpc) is 2.47. The Kier molecular flexibility index (Phi) is 4.59. The second kappa shape index (κ2) is 6.24. The average molecular weight is 292 g/mol. The van der Waals surface area contributed by atoms with E-state index in [2.05, 4.69) is 4.98 Å². The molecule has 0 aliphatic rings. The lowest BCUT2D eigenvalue weighted by molar-refractivity contribution is 0.0257.